The number of carboxylic acids is 1. The van der Waals surface area contributed by atoms with E-state index in [0.29, 0.717) is 5.69 Å². The van der Waals surface area contributed by atoms with Crippen molar-refractivity contribution < 1.29 is 14.7 Å². The molecule has 0 heterocycles. The average Bonchev–Trinajstić information content (AvgIpc) is 2.41. The summed E-state index contributed by atoms with van der Waals surface area (Å²) in [6.45, 7) is 3.75. The molecule has 1 aromatic carbocycles. The second-order valence-electron chi connectivity index (χ2n) is 4.64. The van der Waals surface area contributed by atoms with E-state index in [1.54, 1.807) is 0 Å². The third-order valence-corrected chi connectivity index (χ3v) is 3.81. The summed E-state index contributed by atoms with van der Waals surface area (Å²) < 4.78 is 1.08. The first-order valence-corrected chi connectivity index (χ1v) is 7.53. The summed E-state index contributed by atoms with van der Waals surface area (Å²) in [5, 5.41) is 14.6. The van der Waals surface area contributed by atoms with E-state index in [9.17, 15) is 9.59 Å². The Morgan fingerprint density at radius 1 is 1.30 bits per heavy atom. The first kappa shape index (κ1) is 16.9. The molecule has 20 heavy (non-hydrogen) atoms. The smallest absolute Gasteiger partial charge is 0.320 e. The van der Waals surface area contributed by atoms with E-state index >= 15 is 0 Å². The van der Waals surface area contributed by atoms with Gasteiger partial charge in [0.1, 0.15) is 6.04 Å². The Balaban J connectivity index is 2.49. The van der Waals surface area contributed by atoms with Crippen molar-refractivity contribution in [2.24, 2.45) is 5.92 Å². The zero-order chi connectivity index (χ0) is 15.1. The van der Waals surface area contributed by atoms with Crippen molar-refractivity contribution in [3.63, 3.8) is 0 Å². The predicted molar refractivity (Wildman–Crippen MR) is 86.7 cm³/mol. The summed E-state index contributed by atoms with van der Waals surface area (Å²) in [6, 6.07) is 6.69. The average molecular weight is 390 g/mol. The molecular weight excluding hydrogens is 371 g/mol. The van der Waals surface area contributed by atoms with Crippen LogP contribution in [0.5, 0.6) is 0 Å². The maximum Gasteiger partial charge on any atom is 0.320 e. The monoisotopic (exact) mass is 390 g/mol. The van der Waals surface area contributed by atoms with E-state index in [1.165, 1.54) is 0 Å². The number of carbonyl (C=O) groups excluding carboxylic acids is 1. The summed E-state index contributed by atoms with van der Waals surface area (Å²) in [6.07, 6.45) is 0.739. The molecule has 110 valence electrons. The molecule has 0 bridgehead atoms. The van der Waals surface area contributed by atoms with E-state index in [1.807, 2.05) is 38.1 Å². The molecule has 0 aliphatic heterocycles. The summed E-state index contributed by atoms with van der Waals surface area (Å²) in [5.41, 5.74) is 0.702. The number of aliphatic carboxylic acids is 1. The molecule has 2 atom stereocenters. The molecule has 1 rings (SSSR count). The third kappa shape index (κ3) is 5.46. The fourth-order valence-electron chi connectivity index (χ4n) is 1.71. The van der Waals surface area contributed by atoms with Crippen molar-refractivity contribution in [2.75, 3.05) is 11.9 Å². The van der Waals surface area contributed by atoms with Crippen LogP contribution in [0, 0.1) is 9.49 Å². The summed E-state index contributed by atoms with van der Waals surface area (Å²) >= 11 is 2.18. The van der Waals surface area contributed by atoms with Gasteiger partial charge in [0, 0.05) is 9.26 Å². The van der Waals surface area contributed by atoms with Crippen molar-refractivity contribution in [3.8, 4) is 0 Å². The van der Waals surface area contributed by atoms with Gasteiger partial charge in [-0.05, 0) is 52.8 Å². The molecule has 6 heteroatoms. The Hall–Kier alpha value is -1.15. The quantitative estimate of drug-likeness (QED) is 0.625. The summed E-state index contributed by atoms with van der Waals surface area (Å²) in [7, 11) is 0. The Kier molecular flexibility index (Phi) is 6.94. The van der Waals surface area contributed by atoms with Crippen molar-refractivity contribution >= 4 is 40.2 Å². The second kappa shape index (κ2) is 8.21. The van der Waals surface area contributed by atoms with Crippen LogP contribution >= 0.6 is 22.6 Å². The van der Waals surface area contributed by atoms with Gasteiger partial charge in [-0.3, -0.25) is 14.9 Å². The Bertz CT molecular complexity index is 462. The van der Waals surface area contributed by atoms with E-state index in [-0.39, 0.29) is 18.4 Å². The van der Waals surface area contributed by atoms with Gasteiger partial charge < -0.3 is 10.4 Å². The van der Waals surface area contributed by atoms with Crippen LogP contribution < -0.4 is 10.6 Å². The Morgan fingerprint density at radius 2 is 1.90 bits per heavy atom. The fraction of sp³-hybridized carbons (Fsp3) is 0.429. The highest BCUT2D eigenvalue weighted by Crippen LogP contribution is 2.11. The minimum atomic E-state index is -0.929. The highest BCUT2D eigenvalue weighted by atomic mass is 127. The molecule has 0 saturated carbocycles. The van der Waals surface area contributed by atoms with Gasteiger partial charge in [-0.25, -0.2) is 0 Å². The molecule has 1 amide bonds. The van der Waals surface area contributed by atoms with Crippen molar-refractivity contribution in [2.45, 2.75) is 26.3 Å². The van der Waals surface area contributed by atoms with Crippen LogP contribution in [0.3, 0.4) is 0 Å². The topological polar surface area (TPSA) is 78.4 Å². The number of rotatable bonds is 7. The van der Waals surface area contributed by atoms with Crippen molar-refractivity contribution in [1.82, 2.24) is 5.32 Å². The molecule has 1 aromatic rings. The largest absolute Gasteiger partial charge is 0.480 e. The Labute approximate surface area is 132 Å². The molecule has 0 saturated heterocycles. The van der Waals surface area contributed by atoms with Gasteiger partial charge in [0.2, 0.25) is 5.91 Å². The van der Waals surface area contributed by atoms with Crippen molar-refractivity contribution in [1.29, 1.82) is 0 Å². The minimum absolute atomic E-state index is 0.0205. The van der Waals surface area contributed by atoms with Gasteiger partial charge in [0.25, 0.3) is 0 Å². The van der Waals surface area contributed by atoms with Crippen LogP contribution in [-0.2, 0) is 9.59 Å². The summed E-state index contributed by atoms with van der Waals surface area (Å²) in [5.74, 6) is -1.21. The fourth-order valence-corrected chi connectivity index (χ4v) is 2.07. The molecule has 0 spiro atoms. The molecule has 0 aromatic heterocycles. The lowest BCUT2D eigenvalue weighted by atomic mass is 9.99. The number of anilines is 1. The molecule has 3 N–H and O–H groups in total. The second-order valence-corrected chi connectivity index (χ2v) is 5.88. The van der Waals surface area contributed by atoms with E-state index in [0.717, 1.165) is 9.99 Å². The zero-order valence-corrected chi connectivity index (χ0v) is 13.7. The maximum absolute atomic E-state index is 11.8. The number of carbonyl (C=O) groups is 2. The van der Waals surface area contributed by atoms with Gasteiger partial charge in [-0.15, -0.1) is 0 Å². The molecule has 0 fully saturated rings. The number of benzene rings is 1. The molecule has 0 aliphatic carbocycles. The molecule has 0 aliphatic rings. The molecule has 0 unspecified atom stereocenters. The molecule has 5 nitrogen and oxygen atoms in total. The maximum atomic E-state index is 11.8. The van der Waals surface area contributed by atoms with Gasteiger partial charge in [-0.2, -0.15) is 0 Å². The summed E-state index contributed by atoms with van der Waals surface area (Å²) in [4.78, 5) is 22.9. The van der Waals surface area contributed by atoms with Crippen LogP contribution in [0.2, 0.25) is 0 Å². The van der Waals surface area contributed by atoms with Crippen LogP contribution in [0.25, 0.3) is 0 Å². The van der Waals surface area contributed by atoms with E-state index in [2.05, 4.69) is 33.2 Å². The number of carboxylic acid groups (broad SMARTS) is 1. The number of halogens is 1. The first-order chi connectivity index (χ1) is 9.43. The van der Waals surface area contributed by atoms with Crippen molar-refractivity contribution in [3.05, 3.63) is 27.8 Å². The first-order valence-electron chi connectivity index (χ1n) is 6.45. The normalized spacial score (nSPS) is 13.6. The van der Waals surface area contributed by atoms with Crippen LogP contribution in [0.15, 0.2) is 24.3 Å². The number of hydrogen-bond acceptors (Lipinski definition) is 3. The molecule has 0 radical (unpaired) electrons. The predicted octanol–water partition coefficient (Wildman–Crippen LogP) is 2.32. The number of nitrogens with one attached hydrogen (secondary N) is 2. The highest BCUT2D eigenvalue weighted by Gasteiger charge is 2.23. The van der Waals surface area contributed by atoms with Crippen LogP contribution in [0.4, 0.5) is 5.69 Å². The highest BCUT2D eigenvalue weighted by molar-refractivity contribution is 14.1. The Morgan fingerprint density at radius 3 is 2.40 bits per heavy atom. The van der Waals surface area contributed by atoms with E-state index < -0.39 is 12.0 Å². The van der Waals surface area contributed by atoms with Crippen LogP contribution in [-0.4, -0.2) is 29.6 Å². The third-order valence-electron chi connectivity index (χ3n) is 3.09. The molecular formula is C14H19IN2O3. The number of amides is 1. The number of hydrogen-bond donors (Lipinski definition) is 3. The van der Waals surface area contributed by atoms with Gasteiger partial charge in [0.15, 0.2) is 0 Å². The lowest BCUT2D eigenvalue weighted by Crippen LogP contribution is -2.45. The van der Waals surface area contributed by atoms with Gasteiger partial charge in [-0.1, -0.05) is 20.3 Å². The van der Waals surface area contributed by atoms with Gasteiger partial charge in [0.05, 0.1) is 6.54 Å². The zero-order valence-electron chi connectivity index (χ0n) is 11.5. The van der Waals surface area contributed by atoms with Gasteiger partial charge >= 0.3 is 5.97 Å². The minimum Gasteiger partial charge on any atom is -0.480 e. The lowest BCUT2D eigenvalue weighted by molar-refractivity contribution is -0.140. The van der Waals surface area contributed by atoms with E-state index in [4.69, 9.17) is 5.11 Å². The lowest BCUT2D eigenvalue weighted by Gasteiger charge is -2.19. The van der Waals surface area contributed by atoms with Crippen LogP contribution in [0.1, 0.15) is 20.3 Å². The SMILES string of the molecule is CC[C@H](C)[C@H](NCC(=O)Nc1ccc(I)cc1)C(=O)O. The standard InChI is InChI=1S/C14H19IN2O3/c1-3-9(2)13(14(19)20)16-8-12(18)17-11-6-4-10(15)5-7-11/h4-7,9,13,16H,3,8H2,1-2H3,(H,17,18)(H,19,20)/t9-,13-/m0/s1.